The van der Waals surface area contributed by atoms with Crippen LogP contribution in [0.5, 0.6) is 5.75 Å². The second-order valence-corrected chi connectivity index (χ2v) is 6.18. The lowest BCUT2D eigenvalue weighted by atomic mass is 10.0. The maximum Gasteiger partial charge on any atom is 0.271 e. The number of rotatable bonds is 2. The lowest BCUT2D eigenvalue weighted by molar-refractivity contribution is -0.132. The van der Waals surface area contributed by atoms with Crippen molar-refractivity contribution < 1.29 is 13.9 Å². The van der Waals surface area contributed by atoms with E-state index in [1.165, 1.54) is 12.1 Å². The number of halogens is 2. The van der Waals surface area contributed by atoms with Crippen LogP contribution in [0.25, 0.3) is 0 Å². The predicted octanol–water partition coefficient (Wildman–Crippen LogP) is 4.18. The third-order valence-electron chi connectivity index (χ3n) is 3.57. The molecule has 1 amide bonds. The number of hydrogen-bond acceptors (Lipinski definition) is 2. The first kappa shape index (κ1) is 14.9. The summed E-state index contributed by atoms with van der Waals surface area (Å²) in [5.41, 5.74) is 0.326. The number of hydrogen-bond donors (Lipinski definition) is 0. The van der Waals surface area contributed by atoms with Crippen LogP contribution >= 0.6 is 11.6 Å². The molecule has 0 saturated heterocycles. The maximum atomic E-state index is 13.4. The van der Waals surface area contributed by atoms with Gasteiger partial charge in [0.1, 0.15) is 11.6 Å². The summed E-state index contributed by atoms with van der Waals surface area (Å²) in [6, 6.07) is 11.3. The Labute approximate surface area is 133 Å². The van der Waals surface area contributed by atoms with Crippen molar-refractivity contribution in [1.29, 1.82) is 0 Å². The van der Waals surface area contributed by atoms with E-state index in [1.54, 1.807) is 49.1 Å². The summed E-state index contributed by atoms with van der Waals surface area (Å²) in [4.78, 5) is 14.3. The van der Waals surface area contributed by atoms with Gasteiger partial charge >= 0.3 is 0 Å². The monoisotopic (exact) mass is 319 g/mol. The van der Waals surface area contributed by atoms with Crippen LogP contribution in [-0.4, -0.2) is 11.5 Å². The van der Waals surface area contributed by atoms with Gasteiger partial charge in [-0.05, 0) is 49.7 Å². The standard InChI is InChI=1S/C17H15ClFNO2/c1-17(2)16(21)20(10-11-4-3-5-13(19)8-11)14-9-12(18)6-7-15(14)22-17/h3-9H,10H2,1-2H3. The van der Waals surface area contributed by atoms with E-state index in [4.69, 9.17) is 16.3 Å². The molecule has 0 radical (unpaired) electrons. The Bertz CT molecular complexity index is 745. The smallest absolute Gasteiger partial charge is 0.271 e. The molecule has 3 nitrogen and oxygen atoms in total. The Kier molecular flexibility index (Phi) is 3.57. The Morgan fingerprint density at radius 2 is 2.00 bits per heavy atom. The highest BCUT2D eigenvalue weighted by atomic mass is 35.5. The minimum atomic E-state index is -0.978. The molecule has 0 N–H and O–H groups in total. The van der Waals surface area contributed by atoms with Gasteiger partial charge < -0.3 is 9.64 Å². The Morgan fingerprint density at radius 3 is 2.73 bits per heavy atom. The fourth-order valence-electron chi connectivity index (χ4n) is 2.52. The molecule has 0 bridgehead atoms. The van der Waals surface area contributed by atoms with Crippen molar-refractivity contribution in [2.24, 2.45) is 0 Å². The quantitative estimate of drug-likeness (QED) is 0.831. The van der Waals surface area contributed by atoms with E-state index >= 15 is 0 Å². The SMILES string of the molecule is CC1(C)Oc2ccc(Cl)cc2N(Cc2cccc(F)c2)C1=O. The molecule has 22 heavy (non-hydrogen) atoms. The second kappa shape index (κ2) is 5.29. The summed E-state index contributed by atoms with van der Waals surface area (Å²) in [5, 5.41) is 0.513. The third kappa shape index (κ3) is 2.66. The Hall–Kier alpha value is -2.07. The van der Waals surface area contributed by atoms with E-state index in [-0.39, 0.29) is 18.3 Å². The lowest BCUT2D eigenvalue weighted by Gasteiger charge is -2.38. The molecule has 1 aliphatic rings. The van der Waals surface area contributed by atoms with E-state index in [2.05, 4.69) is 0 Å². The van der Waals surface area contributed by atoms with Crippen molar-refractivity contribution in [2.45, 2.75) is 26.0 Å². The average molecular weight is 320 g/mol. The van der Waals surface area contributed by atoms with E-state index < -0.39 is 5.60 Å². The number of carbonyl (C=O) groups excluding carboxylic acids is 1. The van der Waals surface area contributed by atoms with Gasteiger partial charge in [-0.3, -0.25) is 4.79 Å². The number of nitrogens with zero attached hydrogens (tertiary/aromatic N) is 1. The zero-order chi connectivity index (χ0) is 15.9. The van der Waals surface area contributed by atoms with Crippen LogP contribution in [0.2, 0.25) is 5.02 Å². The molecular weight excluding hydrogens is 305 g/mol. The Balaban J connectivity index is 2.04. The van der Waals surface area contributed by atoms with Crippen molar-refractivity contribution in [1.82, 2.24) is 0 Å². The van der Waals surface area contributed by atoms with Crippen LogP contribution < -0.4 is 9.64 Å². The maximum absolute atomic E-state index is 13.4. The number of benzene rings is 2. The molecule has 0 saturated carbocycles. The molecule has 0 fully saturated rings. The minimum Gasteiger partial charge on any atom is -0.476 e. The van der Waals surface area contributed by atoms with Crippen molar-refractivity contribution in [3.05, 3.63) is 58.9 Å². The van der Waals surface area contributed by atoms with Gasteiger partial charge in [-0.1, -0.05) is 23.7 Å². The van der Waals surface area contributed by atoms with Crippen LogP contribution in [-0.2, 0) is 11.3 Å². The molecule has 114 valence electrons. The van der Waals surface area contributed by atoms with Gasteiger partial charge in [0, 0.05) is 5.02 Å². The van der Waals surface area contributed by atoms with E-state index in [1.807, 2.05) is 0 Å². The van der Waals surface area contributed by atoms with Gasteiger partial charge in [-0.25, -0.2) is 4.39 Å². The number of anilines is 1. The van der Waals surface area contributed by atoms with E-state index in [0.29, 0.717) is 22.0 Å². The van der Waals surface area contributed by atoms with Crippen LogP contribution in [0.4, 0.5) is 10.1 Å². The highest BCUT2D eigenvalue weighted by molar-refractivity contribution is 6.31. The minimum absolute atomic E-state index is 0.188. The van der Waals surface area contributed by atoms with Crippen molar-refractivity contribution in [2.75, 3.05) is 4.90 Å². The van der Waals surface area contributed by atoms with Gasteiger partial charge in [-0.15, -0.1) is 0 Å². The lowest BCUT2D eigenvalue weighted by Crippen LogP contribution is -2.52. The Morgan fingerprint density at radius 1 is 1.23 bits per heavy atom. The van der Waals surface area contributed by atoms with Crippen LogP contribution in [0.3, 0.4) is 0 Å². The summed E-state index contributed by atoms with van der Waals surface area (Å²) < 4.78 is 19.1. The first-order valence-electron chi connectivity index (χ1n) is 6.92. The van der Waals surface area contributed by atoms with Crippen LogP contribution in [0.15, 0.2) is 42.5 Å². The first-order valence-corrected chi connectivity index (χ1v) is 7.29. The van der Waals surface area contributed by atoms with Gasteiger partial charge in [-0.2, -0.15) is 0 Å². The number of ether oxygens (including phenoxy) is 1. The molecular formula is C17H15ClFNO2. The van der Waals surface area contributed by atoms with Gasteiger partial charge in [0.05, 0.1) is 12.2 Å². The molecule has 2 aromatic carbocycles. The molecule has 5 heteroatoms. The van der Waals surface area contributed by atoms with Crippen molar-refractivity contribution in [3.8, 4) is 5.75 Å². The van der Waals surface area contributed by atoms with Gasteiger partial charge in [0.2, 0.25) is 0 Å². The fourth-order valence-corrected chi connectivity index (χ4v) is 2.68. The second-order valence-electron chi connectivity index (χ2n) is 5.75. The van der Waals surface area contributed by atoms with E-state index in [0.717, 1.165) is 0 Å². The molecule has 2 aromatic rings. The molecule has 0 spiro atoms. The largest absolute Gasteiger partial charge is 0.476 e. The zero-order valence-electron chi connectivity index (χ0n) is 12.3. The molecule has 1 heterocycles. The predicted molar refractivity (Wildman–Crippen MR) is 83.7 cm³/mol. The zero-order valence-corrected chi connectivity index (χ0v) is 13.0. The van der Waals surface area contributed by atoms with Gasteiger partial charge in [0.15, 0.2) is 5.60 Å². The molecule has 1 aliphatic heterocycles. The summed E-state index contributed by atoms with van der Waals surface area (Å²) in [6.45, 7) is 3.69. The van der Waals surface area contributed by atoms with E-state index in [9.17, 15) is 9.18 Å². The summed E-state index contributed by atoms with van der Waals surface area (Å²) >= 11 is 6.04. The molecule has 3 rings (SSSR count). The average Bonchev–Trinajstić information content (AvgIpc) is 2.45. The fraction of sp³-hybridized carbons (Fsp3) is 0.235. The topological polar surface area (TPSA) is 29.5 Å². The summed E-state index contributed by atoms with van der Waals surface area (Å²) in [7, 11) is 0. The molecule has 0 atom stereocenters. The highest BCUT2D eigenvalue weighted by Crippen LogP contribution is 2.40. The summed E-state index contributed by atoms with van der Waals surface area (Å²) in [5.74, 6) is 0.0701. The third-order valence-corrected chi connectivity index (χ3v) is 3.80. The van der Waals surface area contributed by atoms with Crippen molar-refractivity contribution >= 4 is 23.2 Å². The first-order chi connectivity index (χ1) is 10.4. The molecule has 0 aliphatic carbocycles. The van der Waals surface area contributed by atoms with Crippen LogP contribution in [0.1, 0.15) is 19.4 Å². The number of amides is 1. The van der Waals surface area contributed by atoms with Crippen LogP contribution in [0, 0.1) is 5.82 Å². The summed E-state index contributed by atoms with van der Waals surface area (Å²) in [6.07, 6.45) is 0. The number of fused-ring (bicyclic) bond motifs is 1. The van der Waals surface area contributed by atoms with Crippen molar-refractivity contribution in [3.63, 3.8) is 0 Å². The normalized spacial score (nSPS) is 16.2. The molecule has 0 aromatic heterocycles. The highest BCUT2D eigenvalue weighted by Gasteiger charge is 2.40. The number of carbonyl (C=O) groups is 1. The van der Waals surface area contributed by atoms with Gasteiger partial charge in [0.25, 0.3) is 5.91 Å². The molecule has 0 unspecified atom stereocenters.